The summed E-state index contributed by atoms with van der Waals surface area (Å²) in [5.74, 6) is 1.96. The summed E-state index contributed by atoms with van der Waals surface area (Å²) in [7, 11) is 1.57. The number of methoxy groups -OCH3 is 1. The van der Waals surface area contributed by atoms with Crippen molar-refractivity contribution in [1.82, 2.24) is 4.57 Å². The van der Waals surface area contributed by atoms with E-state index in [4.69, 9.17) is 28.7 Å². The van der Waals surface area contributed by atoms with Crippen LogP contribution in [0.4, 0.5) is 0 Å². The van der Waals surface area contributed by atoms with Crippen molar-refractivity contribution in [2.75, 3.05) is 20.5 Å². The third-order valence-electron chi connectivity index (χ3n) is 7.81. The van der Waals surface area contributed by atoms with Crippen molar-refractivity contribution in [3.63, 3.8) is 0 Å². The first-order chi connectivity index (χ1) is 23.0. The molecule has 10 heteroatoms. The van der Waals surface area contributed by atoms with Gasteiger partial charge in [-0.1, -0.05) is 84.1 Å². The highest BCUT2D eigenvalue weighted by Crippen LogP contribution is 2.36. The Hall–Kier alpha value is -5.61. The summed E-state index contributed by atoms with van der Waals surface area (Å²) in [6, 6.07) is 29.4. The van der Waals surface area contributed by atoms with Crippen LogP contribution < -0.4 is 33.8 Å². The number of hydrogen-bond donors (Lipinski definition) is 0. The number of aromatic nitrogens is 1. The molecule has 0 saturated heterocycles. The third-order valence-corrected chi connectivity index (χ3v) is 8.79. The second kappa shape index (κ2) is 13.0. The molecule has 3 heterocycles. The Morgan fingerprint density at radius 2 is 1.72 bits per heavy atom. The van der Waals surface area contributed by atoms with Crippen LogP contribution in [0.5, 0.6) is 23.0 Å². The van der Waals surface area contributed by atoms with Gasteiger partial charge in [-0.05, 0) is 54.0 Å². The van der Waals surface area contributed by atoms with Crippen LogP contribution in [0.2, 0.25) is 0 Å². The Morgan fingerprint density at radius 1 is 0.957 bits per heavy atom. The number of rotatable bonds is 9. The highest BCUT2D eigenvalue weighted by Gasteiger charge is 2.35. The number of esters is 1. The average molecular weight is 647 g/mol. The fourth-order valence-corrected chi connectivity index (χ4v) is 6.63. The van der Waals surface area contributed by atoms with Crippen LogP contribution in [-0.4, -0.2) is 31.0 Å². The molecule has 0 N–H and O–H groups in total. The number of thiazole rings is 1. The largest absolute Gasteiger partial charge is 0.493 e. The van der Waals surface area contributed by atoms with E-state index >= 15 is 0 Å². The monoisotopic (exact) mass is 646 g/mol. The maximum absolute atomic E-state index is 14.2. The molecule has 4 aromatic carbocycles. The molecule has 7 rings (SSSR count). The highest BCUT2D eigenvalue weighted by atomic mass is 32.1. The Kier molecular flexibility index (Phi) is 8.33. The number of hydrogen-bond acceptors (Lipinski definition) is 9. The van der Waals surface area contributed by atoms with E-state index in [-0.39, 0.29) is 19.0 Å². The zero-order valence-corrected chi connectivity index (χ0v) is 26.5. The molecule has 0 amide bonds. The summed E-state index contributed by atoms with van der Waals surface area (Å²) in [5, 5.41) is 0. The molecule has 2 aliphatic rings. The van der Waals surface area contributed by atoms with E-state index in [2.05, 4.69) is 0 Å². The molecule has 0 unspecified atom stereocenters. The van der Waals surface area contributed by atoms with E-state index < -0.39 is 12.0 Å². The Bertz CT molecular complexity index is 2170. The number of ether oxygens (including phenoxy) is 5. The average Bonchev–Trinajstić information content (AvgIpc) is 3.71. The van der Waals surface area contributed by atoms with Crippen LogP contribution in [-0.2, 0) is 16.1 Å². The number of fused-ring (bicyclic) bond motifs is 2. The predicted molar refractivity (Wildman–Crippen MR) is 177 cm³/mol. The smallest absolute Gasteiger partial charge is 0.338 e. The molecule has 0 aliphatic carbocycles. The van der Waals surface area contributed by atoms with Gasteiger partial charge in [0.15, 0.2) is 27.8 Å². The second-order valence-electron chi connectivity index (χ2n) is 10.7. The van der Waals surface area contributed by atoms with Gasteiger partial charge in [0.25, 0.3) is 5.56 Å². The molecule has 0 radical (unpaired) electrons. The molecule has 1 atom stereocenters. The normalized spacial score (nSPS) is 15.2. The fourth-order valence-electron chi connectivity index (χ4n) is 5.63. The lowest BCUT2D eigenvalue weighted by Crippen LogP contribution is -2.39. The van der Waals surface area contributed by atoms with Gasteiger partial charge >= 0.3 is 5.97 Å². The highest BCUT2D eigenvalue weighted by molar-refractivity contribution is 7.07. The van der Waals surface area contributed by atoms with Gasteiger partial charge in [0.05, 0.1) is 35.6 Å². The van der Waals surface area contributed by atoms with Gasteiger partial charge in [-0.25, -0.2) is 9.79 Å². The van der Waals surface area contributed by atoms with E-state index in [0.717, 1.165) is 22.3 Å². The number of carbonyl (C=O) groups excluding carboxylic acids is 1. The molecule has 47 heavy (non-hydrogen) atoms. The molecule has 0 fully saturated rings. The third kappa shape index (κ3) is 5.91. The summed E-state index contributed by atoms with van der Waals surface area (Å²) in [4.78, 5) is 33.1. The molecule has 1 aromatic heterocycles. The van der Waals surface area contributed by atoms with Crippen LogP contribution in [0.1, 0.15) is 35.2 Å². The molecular weight excluding hydrogens is 616 g/mol. The van der Waals surface area contributed by atoms with Crippen LogP contribution >= 0.6 is 11.3 Å². The summed E-state index contributed by atoms with van der Waals surface area (Å²) in [5.41, 5.74) is 3.73. The standard InChI is InChI=1S/C37H30N2O7S/c1-3-43-36(41)32-33(25-10-6-4-7-11-25)38-37-39(34(32)26-12-8-5-9-13-26)35(40)31(47-37)20-23-14-16-27(29(18-23)42-2)44-21-24-15-17-28-30(19-24)46-22-45-28/h4-20,34H,3,21-22H2,1-2H3/b31-20-/t34-/m1/s1. The van der Waals surface area contributed by atoms with Crippen molar-refractivity contribution in [1.29, 1.82) is 0 Å². The second-order valence-corrected chi connectivity index (χ2v) is 11.7. The van der Waals surface area contributed by atoms with Crippen LogP contribution in [0, 0.1) is 0 Å². The first-order valence-electron chi connectivity index (χ1n) is 15.1. The zero-order chi connectivity index (χ0) is 32.3. The number of nitrogens with zero attached hydrogens (tertiary/aromatic N) is 2. The van der Waals surface area contributed by atoms with Gasteiger partial charge in [0, 0.05) is 5.56 Å². The fraction of sp³-hybridized carbons (Fsp3) is 0.162. The minimum atomic E-state index is -0.731. The van der Waals surface area contributed by atoms with E-state index in [0.29, 0.717) is 50.2 Å². The van der Waals surface area contributed by atoms with E-state index in [9.17, 15) is 9.59 Å². The lowest BCUT2D eigenvalue weighted by molar-refractivity contribution is -0.138. The van der Waals surface area contributed by atoms with Gasteiger partial charge in [-0.2, -0.15) is 0 Å². The molecule has 0 bridgehead atoms. The van der Waals surface area contributed by atoms with Crippen molar-refractivity contribution in [3.8, 4) is 23.0 Å². The Balaban J connectivity index is 1.29. The summed E-state index contributed by atoms with van der Waals surface area (Å²) < 4.78 is 30.2. The minimum absolute atomic E-state index is 0.189. The summed E-state index contributed by atoms with van der Waals surface area (Å²) in [6.45, 7) is 2.46. The van der Waals surface area contributed by atoms with Crippen molar-refractivity contribution in [2.24, 2.45) is 4.99 Å². The van der Waals surface area contributed by atoms with Gasteiger partial charge in [-0.3, -0.25) is 9.36 Å². The van der Waals surface area contributed by atoms with Gasteiger partial charge < -0.3 is 23.7 Å². The number of benzene rings is 4. The van der Waals surface area contributed by atoms with Crippen LogP contribution in [0.3, 0.4) is 0 Å². The van der Waals surface area contributed by atoms with Gasteiger partial charge in [0.1, 0.15) is 6.61 Å². The topological polar surface area (TPSA) is 97.6 Å². The van der Waals surface area contributed by atoms with Crippen molar-refractivity contribution in [2.45, 2.75) is 19.6 Å². The van der Waals surface area contributed by atoms with E-state index in [1.807, 2.05) is 97.1 Å². The summed E-state index contributed by atoms with van der Waals surface area (Å²) >= 11 is 1.26. The van der Waals surface area contributed by atoms with Crippen LogP contribution in [0.25, 0.3) is 11.8 Å². The van der Waals surface area contributed by atoms with Crippen molar-refractivity contribution < 1.29 is 28.5 Å². The molecule has 9 nitrogen and oxygen atoms in total. The summed E-state index contributed by atoms with van der Waals surface area (Å²) in [6.07, 6.45) is 1.80. The van der Waals surface area contributed by atoms with Crippen LogP contribution in [0.15, 0.2) is 112 Å². The van der Waals surface area contributed by atoms with Gasteiger partial charge in [0.2, 0.25) is 6.79 Å². The number of carbonyl (C=O) groups is 1. The molecule has 0 saturated carbocycles. The first-order valence-corrected chi connectivity index (χ1v) is 15.9. The first kappa shape index (κ1) is 30.1. The maximum Gasteiger partial charge on any atom is 0.338 e. The molecular formula is C37H30N2O7S. The minimum Gasteiger partial charge on any atom is -0.493 e. The lowest BCUT2D eigenvalue weighted by atomic mass is 9.93. The van der Waals surface area contributed by atoms with E-state index in [1.165, 1.54) is 11.3 Å². The van der Waals surface area contributed by atoms with Gasteiger partial charge in [-0.15, -0.1) is 0 Å². The SMILES string of the molecule is CCOC(=O)C1=C(c2ccccc2)N=c2s/c(=C\c3ccc(OCc4ccc5c(c4)OCO5)c(OC)c3)c(=O)n2[C@@H]1c1ccccc1. The molecule has 0 spiro atoms. The van der Waals surface area contributed by atoms with Crippen molar-refractivity contribution in [3.05, 3.63) is 145 Å². The molecule has 5 aromatic rings. The quantitative estimate of drug-likeness (QED) is 0.202. The molecule has 236 valence electrons. The van der Waals surface area contributed by atoms with Crippen molar-refractivity contribution >= 4 is 29.1 Å². The van der Waals surface area contributed by atoms with E-state index in [1.54, 1.807) is 24.7 Å². The zero-order valence-electron chi connectivity index (χ0n) is 25.7. The Labute approximate surface area is 274 Å². The lowest BCUT2D eigenvalue weighted by Gasteiger charge is -2.25. The molecule has 2 aliphatic heterocycles. The Morgan fingerprint density at radius 3 is 2.49 bits per heavy atom. The maximum atomic E-state index is 14.2. The predicted octanol–water partition coefficient (Wildman–Crippen LogP) is 5.25.